The molecule has 0 unspecified atom stereocenters. The molecular weight excluding hydrogens is 436 g/mol. The van der Waals surface area contributed by atoms with Crippen LogP contribution in [-0.4, -0.2) is 27.6 Å². The number of nitrogens with zero attached hydrogens (tertiary/aromatic N) is 4. The molecule has 0 spiro atoms. The molecule has 156 valence electrons. The molecule has 0 amide bonds. The molecule has 30 heavy (non-hydrogen) atoms. The third-order valence-electron chi connectivity index (χ3n) is 5.57. The van der Waals surface area contributed by atoms with Gasteiger partial charge in [0.1, 0.15) is 11.6 Å². The molecular formula is C25H29BrN4. The van der Waals surface area contributed by atoms with Crippen molar-refractivity contribution in [2.75, 3.05) is 18.0 Å². The lowest BCUT2D eigenvalue weighted by molar-refractivity contribution is 0.734. The lowest BCUT2D eigenvalue weighted by Crippen LogP contribution is -2.26. The van der Waals surface area contributed by atoms with Gasteiger partial charge in [-0.05, 0) is 62.9 Å². The molecule has 4 aromatic rings. The van der Waals surface area contributed by atoms with Crippen LogP contribution in [-0.2, 0) is 0 Å². The molecule has 2 aromatic heterocycles. The zero-order valence-electron chi connectivity index (χ0n) is 18.5. The average molecular weight is 465 g/mol. The molecule has 4 nitrogen and oxygen atoms in total. The van der Waals surface area contributed by atoms with Crippen LogP contribution in [0, 0.1) is 20.8 Å². The number of benzene rings is 2. The average Bonchev–Trinajstić information content (AvgIpc) is 3.01. The SMILES string of the molecule is CCCN(CCC)c1nc(C)nc2c1c1ccccc1n2-c1c(C)cc(Br)cc1C. The molecule has 0 saturated heterocycles. The van der Waals surface area contributed by atoms with Gasteiger partial charge in [0.15, 0.2) is 5.65 Å². The Kier molecular flexibility index (Phi) is 5.83. The molecule has 0 radical (unpaired) electrons. The summed E-state index contributed by atoms with van der Waals surface area (Å²) in [5.74, 6) is 1.87. The predicted molar refractivity (Wildman–Crippen MR) is 131 cm³/mol. The summed E-state index contributed by atoms with van der Waals surface area (Å²) in [6.07, 6.45) is 2.18. The number of aromatic nitrogens is 3. The Morgan fingerprint density at radius 1 is 0.933 bits per heavy atom. The highest BCUT2D eigenvalue weighted by molar-refractivity contribution is 9.10. The zero-order valence-corrected chi connectivity index (χ0v) is 20.0. The van der Waals surface area contributed by atoms with Crippen LogP contribution in [0.1, 0.15) is 43.6 Å². The Hall–Kier alpha value is -2.40. The molecule has 0 saturated carbocycles. The van der Waals surface area contributed by atoms with Gasteiger partial charge >= 0.3 is 0 Å². The van der Waals surface area contributed by atoms with Crippen molar-refractivity contribution < 1.29 is 0 Å². The maximum Gasteiger partial charge on any atom is 0.151 e. The summed E-state index contributed by atoms with van der Waals surface area (Å²) in [5, 5.41) is 2.36. The topological polar surface area (TPSA) is 34.0 Å². The van der Waals surface area contributed by atoms with Gasteiger partial charge in [0.2, 0.25) is 0 Å². The van der Waals surface area contributed by atoms with Gasteiger partial charge in [0.25, 0.3) is 0 Å². The Balaban J connectivity index is 2.15. The third-order valence-corrected chi connectivity index (χ3v) is 6.03. The Morgan fingerprint density at radius 2 is 1.57 bits per heavy atom. The van der Waals surface area contributed by atoms with E-state index in [0.717, 1.165) is 53.1 Å². The molecule has 0 atom stereocenters. The highest BCUT2D eigenvalue weighted by Gasteiger charge is 2.22. The highest BCUT2D eigenvalue weighted by atomic mass is 79.9. The van der Waals surface area contributed by atoms with E-state index in [4.69, 9.17) is 9.97 Å². The molecule has 0 aliphatic rings. The Labute approximate surface area is 187 Å². The van der Waals surface area contributed by atoms with Gasteiger partial charge in [-0.1, -0.05) is 48.0 Å². The van der Waals surface area contributed by atoms with Crippen molar-refractivity contribution in [3.63, 3.8) is 0 Å². The summed E-state index contributed by atoms with van der Waals surface area (Å²) in [4.78, 5) is 12.3. The third kappa shape index (κ3) is 3.49. The first kappa shape index (κ1) is 20.9. The Morgan fingerprint density at radius 3 is 2.20 bits per heavy atom. The molecule has 5 heteroatoms. The molecule has 0 fully saturated rings. The number of hydrogen-bond acceptors (Lipinski definition) is 3. The van der Waals surface area contributed by atoms with E-state index in [1.54, 1.807) is 0 Å². The summed E-state index contributed by atoms with van der Waals surface area (Å²) in [5.41, 5.74) is 5.81. The monoisotopic (exact) mass is 464 g/mol. The van der Waals surface area contributed by atoms with Gasteiger partial charge in [-0.3, -0.25) is 4.57 Å². The van der Waals surface area contributed by atoms with E-state index in [-0.39, 0.29) is 0 Å². The number of anilines is 1. The van der Waals surface area contributed by atoms with Crippen molar-refractivity contribution in [3.05, 3.63) is 57.8 Å². The van der Waals surface area contributed by atoms with Crippen LogP contribution in [0.25, 0.3) is 27.6 Å². The second-order valence-electron chi connectivity index (χ2n) is 8.02. The van der Waals surface area contributed by atoms with Crippen LogP contribution < -0.4 is 4.90 Å². The molecule has 0 aliphatic carbocycles. The number of halogens is 1. The summed E-state index contributed by atoms with van der Waals surface area (Å²) in [6, 6.07) is 13.0. The predicted octanol–water partition coefficient (Wildman–Crippen LogP) is 6.89. The van der Waals surface area contributed by atoms with Gasteiger partial charge in [0, 0.05) is 22.9 Å². The molecule has 0 aliphatic heterocycles. The van der Waals surface area contributed by atoms with E-state index < -0.39 is 0 Å². The maximum atomic E-state index is 4.97. The lowest BCUT2D eigenvalue weighted by Gasteiger charge is -2.24. The van der Waals surface area contributed by atoms with E-state index in [1.807, 2.05) is 6.92 Å². The van der Waals surface area contributed by atoms with Gasteiger partial charge in [-0.25, -0.2) is 9.97 Å². The number of aryl methyl sites for hydroxylation is 3. The molecule has 2 heterocycles. The van der Waals surface area contributed by atoms with E-state index in [1.165, 1.54) is 27.7 Å². The van der Waals surface area contributed by atoms with Crippen molar-refractivity contribution in [2.45, 2.75) is 47.5 Å². The minimum Gasteiger partial charge on any atom is -0.356 e. The van der Waals surface area contributed by atoms with Gasteiger partial charge in [-0.15, -0.1) is 0 Å². The van der Waals surface area contributed by atoms with Crippen LogP contribution in [0.2, 0.25) is 0 Å². The van der Waals surface area contributed by atoms with Crippen molar-refractivity contribution in [1.82, 2.24) is 14.5 Å². The van der Waals surface area contributed by atoms with E-state index in [2.05, 4.69) is 89.5 Å². The van der Waals surface area contributed by atoms with Crippen LogP contribution in [0.15, 0.2) is 40.9 Å². The van der Waals surface area contributed by atoms with Crippen molar-refractivity contribution in [1.29, 1.82) is 0 Å². The summed E-state index contributed by atoms with van der Waals surface area (Å²) in [6.45, 7) is 12.8. The van der Waals surface area contributed by atoms with Crippen molar-refractivity contribution >= 4 is 43.7 Å². The maximum absolute atomic E-state index is 4.97. The molecule has 0 N–H and O–H groups in total. The van der Waals surface area contributed by atoms with Crippen molar-refractivity contribution in [2.24, 2.45) is 0 Å². The first-order chi connectivity index (χ1) is 14.5. The first-order valence-corrected chi connectivity index (χ1v) is 11.5. The fraction of sp³-hybridized carbons (Fsp3) is 0.360. The molecule has 0 bridgehead atoms. The number of hydrogen-bond donors (Lipinski definition) is 0. The van der Waals surface area contributed by atoms with E-state index in [0.29, 0.717) is 0 Å². The number of rotatable bonds is 6. The van der Waals surface area contributed by atoms with Gasteiger partial charge in [-0.2, -0.15) is 0 Å². The summed E-state index contributed by atoms with van der Waals surface area (Å²) in [7, 11) is 0. The quantitative estimate of drug-likeness (QED) is 0.311. The van der Waals surface area contributed by atoms with Gasteiger partial charge in [0.05, 0.1) is 16.6 Å². The van der Waals surface area contributed by atoms with Crippen LogP contribution in [0.5, 0.6) is 0 Å². The van der Waals surface area contributed by atoms with E-state index >= 15 is 0 Å². The largest absolute Gasteiger partial charge is 0.356 e. The van der Waals surface area contributed by atoms with Crippen LogP contribution >= 0.6 is 15.9 Å². The molecule has 4 rings (SSSR count). The van der Waals surface area contributed by atoms with E-state index in [9.17, 15) is 0 Å². The summed E-state index contributed by atoms with van der Waals surface area (Å²) >= 11 is 3.65. The number of para-hydroxylation sites is 1. The summed E-state index contributed by atoms with van der Waals surface area (Å²) < 4.78 is 3.43. The fourth-order valence-corrected chi connectivity index (χ4v) is 5.20. The Bertz CT molecular complexity index is 1200. The first-order valence-electron chi connectivity index (χ1n) is 10.8. The minimum absolute atomic E-state index is 0.811. The van der Waals surface area contributed by atoms with Gasteiger partial charge < -0.3 is 4.90 Å². The highest BCUT2D eigenvalue weighted by Crippen LogP contribution is 2.38. The van der Waals surface area contributed by atoms with Crippen molar-refractivity contribution in [3.8, 4) is 5.69 Å². The van der Waals surface area contributed by atoms with Crippen LogP contribution in [0.4, 0.5) is 5.82 Å². The van der Waals surface area contributed by atoms with Crippen LogP contribution in [0.3, 0.4) is 0 Å². The second kappa shape index (κ2) is 8.38. The fourth-order valence-electron chi connectivity index (χ4n) is 4.51. The zero-order chi connectivity index (χ0) is 21.4. The second-order valence-corrected chi connectivity index (χ2v) is 8.94. The standard InChI is InChI=1S/C25H29BrN4/c1-6-12-29(13-7-2)24-22-20-10-8-9-11-21(20)30(25(22)28-18(5)27-24)23-16(3)14-19(26)15-17(23)4/h8-11,14-15H,6-7,12-13H2,1-5H3. The molecule has 2 aromatic carbocycles. The smallest absolute Gasteiger partial charge is 0.151 e. The normalized spacial score (nSPS) is 11.5. The minimum atomic E-state index is 0.811. The number of fused-ring (bicyclic) bond motifs is 3. The lowest BCUT2D eigenvalue weighted by atomic mass is 10.1.